The summed E-state index contributed by atoms with van der Waals surface area (Å²) in [6, 6.07) is 15.4. The van der Waals surface area contributed by atoms with Gasteiger partial charge in [0.15, 0.2) is 6.54 Å². The maximum atomic E-state index is 12.3. The zero-order valence-electron chi connectivity index (χ0n) is 15.0. The molecule has 0 unspecified atom stereocenters. The van der Waals surface area contributed by atoms with Crippen molar-refractivity contribution in [3.63, 3.8) is 0 Å². The minimum absolute atomic E-state index is 0.0374. The zero-order valence-corrected chi connectivity index (χ0v) is 15.8. The second-order valence-corrected chi connectivity index (χ2v) is 6.78. The van der Waals surface area contributed by atoms with E-state index in [-0.39, 0.29) is 5.91 Å². The lowest BCUT2D eigenvalue weighted by Gasteiger charge is -2.33. The standard InChI is InChI=1S/C20H24ClN3O2/c1-2-26-17-9-7-16(8-10-17)22-20(25)15-23-11-13-24(14-12-23)19-6-4-3-5-18(19)21/h3-10H,2,11-15H2,1H3,(H,22,25)/p+1. The Morgan fingerprint density at radius 3 is 2.50 bits per heavy atom. The average Bonchev–Trinajstić information content (AvgIpc) is 2.65. The third-order valence-electron chi connectivity index (χ3n) is 4.52. The molecular formula is C20H25ClN3O2+. The van der Waals surface area contributed by atoms with E-state index < -0.39 is 0 Å². The lowest BCUT2D eigenvalue weighted by Crippen LogP contribution is -3.15. The number of para-hydroxylation sites is 1. The lowest BCUT2D eigenvalue weighted by molar-refractivity contribution is -0.892. The van der Waals surface area contributed by atoms with Gasteiger partial charge in [-0.3, -0.25) is 4.79 Å². The number of carbonyl (C=O) groups is 1. The lowest BCUT2D eigenvalue weighted by atomic mass is 10.2. The van der Waals surface area contributed by atoms with Crippen LogP contribution in [0.4, 0.5) is 11.4 Å². The Bertz CT molecular complexity index is 728. The number of hydrogen-bond acceptors (Lipinski definition) is 3. The van der Waals surface area contributed by atoms with Crippen LogP contribution >= 0.6 is 11.6 Å². The smallest absolute Gasteiger partial charge is 0.279 e. The number of amides is 1. The number of benzene rings is 2. The minimum atomic E-state index is 0.0374. The number of quaternary nitrogens is 1. The third kappa shape index (κ3) is 4.90. The van der Waals surface area contributed by atoms with E-state index in [1.54, 1.807) is 0 Å². The molecule has 0 aliphatic carbocycles. The van der Waals surface area contributed by atoms with Crippen LogP contribution in [-0.4, -0.2) is 45.2 Å². The molecule has 0 saturated carbocycles. The van der Waals surface area contributed by atoms with Gasteiger partial charge in [0.2, 0.25) is 0 Å². The fraction of sp³-hybridized carbons (Fsp3) is 0.350. The van der Waals surface area contributed by atoms with E-state index >= 15 is 0 Å². The number of rotatable bonds is 6. The molecule has 0 spiro atoms. The van der Waals surface area contributed by atoms with Crippen molar-refractivity contribution in [1.29, 1.82) is 0 Å². The van der Waals surface area contributed by atoms with E-state index in [1.807, 2.05) is 55.5 Å². The van der Waals surface area contributed by atoms with Gasteiger partial charge in [0.25, 0.3) is 5.91 Å². The molecule has 0 radical (unpaired) electrons. The Labute approximate surface area is 159 Å². The fourth-order valence-electron chi connectivity index (χ4n) is 3.18. The maximum absolute atomic E-state index is 12.3. The first kappa shape index (κ1) is 18.5. The fourth-order valence-corrected chi connectivity index (χ4v) is 3.44. The topological polar surface area (TPSA) is 46.0 Å². The summed E-state index contributed by atoms with van der Waals surface area (Å²) >= 11 is 6.28. The summed E-state index contributed by atoms with van der Waals surface area (Å²) in [6.07, 6.45) is 0. The first-order valence-corrected chi connectivity index (χ1v) is 9.39. The van der Waals surface area contributed by atoms with E-state index in [0.717, 1.165) is 48.3 Å². The molecule has 2 N–H and O–H groups in total. The Kier molecular flexibility index (Phi) is 6.36. The Morgan fingerprint density at radius 2 is 1.85 bits per heavy atom. The monoisotopic (exact) mass is 374 g/mol. The Hall–Kier alpha value is -2.24. The highest BCUT2D eigenvalue weighted by Crippen LogP contribution is 2.24. The van der Waals surface area contributed by atoms with Gasteiger partial charge in [-0.15, -0.1) is 0 Å². The SMILES string of the molecule is CCOc1ccc(NC(=O)C[NH+]2CCN(c3ccccc3Cl)CC2)cc1. The van der Waals surface area contributed by atoms with Gasteiger partial charge in [-0.1, -0.05) is 23.7 Å². The normalized spacial score (nSPS) is 14.9. The summed E-state index contributed by atoms with van der Waals surface area (Å²) in [4.78, 5) is 15.9. The molecule has 0 bridgehead atoms. The van der Waals surface area contributed by atoms with Crippen molar-refractivity contribution in [2.75, 3.05) is 49.5 Å². The number of anilines is 2. The summed E-state index contributed by atoms with van der Waals surface area (Å²) in [5, 5.41) is 3.74. The van der Waals surface area contributed by atoms with Crippen LogP contribution in [-0.2, 0) is 4.79 Å². The van der Waals surface area contributed by atoms with Crippen molar-refractivity contribution < 1.29 is 14.4 Å². The number of nitrogens with zero attached hydrogens (tertiary/aromatic N) is 1. The number of halogens is 1. The second kappa shape index (κ2) is 8.92. The molecule has 1 aliphatic heterocycles. The molecule has 1 heterocycles. The highest BCUT2D eigenvalue weighted by molar-refractivity contribution is 6.33. The van der Waals surface area contributed by atoms with Gasteiger partial charge >= 0.3 is 0 Å². The van der Waals surface area contributed by atoms with Gasteiger partial charge in [0, 0.05) is 5.69 Å². The van der Waals surface area contributed by atoms with Crippen LogP contribution < -0.4 is 19.9 Å². The molecule has 1 fully saturated rings. The molecule has 26 heavy (non-hydrogen) atoms. The van der Waals surface area contributed by atoms with Crippen molar-refractivity contribution in [1.82, 2.24) is 0 Å². The first-order chi connectivity index (χ1) is 12.7. The Morgan fingerprint density at radius 1 is 1.15 bits per heavy atom. The van der Waals surface area contributed by atoms with Crippen LogP contribution in [0.3, 0.4) is 0 Å². The summed E-state index contributed by atoms with van der Waals surface area (Å²) in [5.74, 6) is 0.849. The molecule has 0 atom stereocenters. The highest BCUT2D eigenvalue weighted by Gasteiger charge is 2.23. The second-order valence-electron chi connectivity index (χ2n) is 6.37. The van der Waals surface area contributed by atoms with E-state index in [1.165, 1.54) is 4.90 Å². The largest absolute Gasteiger partial charge is 0.494 e. The highest BCUT2D eigenvalue weighted by atomic mass is 35.5. The third-order valence-corrected chi connectivity index (χ3v) is 4.84. The number of ether oxygens (including phenoxy) is 1. The van der Waals surface area contributed by atoms with Crippen molar-refractivity contribution in [3.05, 3.63) is 53.6 Å². The predicted molar refractivity (Wildman–Crippen MR) is 105 cm³/mol. The van der Waals surface area contributed by atoms with E-state index in [9.17, 15) is 4.79 Å². The maximum Gasteiger partial charge on any atom is 0.279 e. The van der Waals surface area contributed by atoms with E-state index in [2.05, 4.69) is 10.2 Å². The van der Waals surface area contributed by atoms with Gasteiger partial charge in [0.1, 0.15) is 5.75 Å². The quantitative estimate of drug-likeness (QED) is 0.813. The van der Waals surface area contributed by atoms with Crippen LogP contribution in [0, 0.1) is 0 Å². The molecule has 2 aromatic carbocycles. The summed E-state index contributed by atoms with van der Waals surface area (Å²) in [6.45, 7) is 6.69. The van der Waals surface area contributed by atoms with E-state index in [4.69, 9.17) is 16.3 Å². The molecule has 138 valence electrons. The van der Waals surface area contributed by atoms with Gasteiger partial charge in [0.05, 0.1) is 43.5 Å². The number of piperazine rings is 1. The van der Waals surface area contributed by atoms with Crippen LogP contribution in [0.15, 0.2) is 48.5 Å². The van der Waals surface area contributed by atoms with Crippen LogP contribution in [0.2, 0.25) is 5.02 Å². The molecule has 2 aromatic rings. The van der Waals surface area contributed by atoms with E-state index in [0.29, 0.717) is 13.2 Å². The molecule has 0 aromatic heterocycles. The van der Waals surface area contributed by atoms with Gasteiger partial charge in [-0.2, -0.15) is 0 Å². The van der Waals surface area contributed by atoms with Crippen molar-refractivity contribution in [3.8, 4) is 5.75 Å². The summed E-state index contributed by atoms with van der Waals surface area (Å²) < 4.78 is 5.41. The van der Waals surface area contributed by atoms with Crippen molar-refractivity contribution >= 4 is 28.9 Å². The zero-order chi connectivity index (χ0) is 18.4. The van der Waals surface area contributed by atoms with Crippen LogP contribution in [0.1, 0.15) is 6.92 Å². The molecule has 1 amide bonds. The van der Waals surface area contributed by atoms with Gasteiger partial charge in [-0.25, -0.2) is 0 Å². The molecule has 1 saturated heterocycles. The number of carbonyl (C=O) groups excluding carboxylic acids is 1. The number of hydrogen-bond donors (Lipinski definition) is 2. The van der Waals surface area contributed by atoms with Crippen molar-refractivity contribution in [2.24, 2.45) is 0 Å². The predicted octanol–water partition coefficient (Wildman–Crippen LogP) is 2.08. The number of nitrogens with one attached hydrogen (secondary N) is 2. The summed E-state index contributed by atoms with van der Waals surface area (Å²) in [5.41, 5.74) is 1.87. The summed E-state index contributed by atoms with van der Waals surface area (Å²) in [7, 11) is 0. The molecule has 1 aliphatic rings. The Balaban J connectivity index is 1.46. The van der Waals surface area contributed by atoms with Gasteiger partial charge in [-0.05, 0) is 43.3 Å². The average molecular weight is 375 g/mol. The minimum Gasteiger partial charge on any atom is -0.494 e. The molecule has 6 heteroatoms. The van der Waals surface area contributed by atoms with Crippen molar-refractivity contribution in [2.45, 2.75) is 6.92 Å². The molecular weight excluding hydrogens is 350 g/mol. The first-order valence-electron chi connectivity index (χ1n) is 9.01. The molecule has 5 nitrogen and oxygen atoms in total. The van der Waals surface area contributed by atoms with Crippen LogP contribution in [0.25, 0.3) is 0 Å². The molecule has 3 rings (SSSR count). The van der Waals surface area contributed by atoms with Crippen LogP contribution in [0.5, 0.6) is 5.75 Å². The van der Waals surface area contributed by atoms with Gasteiger partial charge < -0.3 is 19.9 Å².